The highest BCUT2D eigenvalue weighted by Crippen LogP contribution is 2.14. The standard InChI is InChI=1S/C12H21N3O5/c1-8(2)14(5-6-16)12(20)15-4-3-13-11(19)9(15)7-10(17)18/h8-9,16H,3-7H2,1-2H3,(H,13,19)(H,17,18). The van der Waals surface area contributed by atoms with Crippen LogP contribution >= 0.6 is 0 Å². The molecule has 0 spiro atoms. The summed E-state index contributed by atoms with van der Waals surface area (Å²) in [5.74, 6) is -1.59. The predicted octanol–water partition coefficient (Wildman–Crippen LogP) is -0.916. The van der Waals surface area contributed by atoms with Crippen molar-refractivity contribution in [3.05, 3.63) is 0 Å². The van der Waals surface area contributed by atoms with Gasteiger partial charge in [0.1, 0.15) is 6.04 Å². The summed E-state index contributed by atoms with van der Waals surface area (Å²) in [6.45, 7) is 4.11. The van der Waals surface area contributed by atoms with Gasteiger partial charge in [0.05, 0.1) is 13.0 Å². The number of rotatable bonds is 5. The van der Waals surface area contributed by atoms with Crippen molar-refractivity contribution in [1.29, 1.82) is 0 Å². The number of aliphatic hydroxyl groups excluding tert-OH is 1. The number of carboxylic acids is 1. The van der Waals surface area contributed by atoms with E-state index in [0.717, 1.165) is 0 Å². The lowest BCUT2D eigenvalue weighted by molar-refractivity contribution is -0.142. The molecule has 8 heteroatoms. The van der Waals surface area contributed by atoms with Crippen LogP contribution in [-0.2, 0) is 9.59 Å². The molecule has 1 unspecified atom stereocenters. The zero-order valence-electron chi connectivity index (χ0n) is 11.7. The highest BCUT2D eigenvalue weighted by atomic mass is 16.4. The molecule has 3 N–H and O–H groups in total. The quantitative estimate of drug-likeness (QED) is 0.606. The molecule has 1 atom stereocenters. The van der Waals surface area contributed by atoms with Crippen molar-refractivity contribution in [2.45, 2.75) is 32.4 Å². The smallest absolute Gasteiger partial charge is 0.321 e. The highest BCUT2D eigenvalue weighted by Gasteiger charge is 2.37. The third-order valence-electron chi connectivity index (χ3n) is 3.15. The Labute approximate surface area is 117 Å². The fourth-order valence-corrected chi connectivity index (χ4v) is 2.16. The minimum Gasteiger partial charge on any atom is -0.481 e. The van der Waals surface area contributed by atoms with Gasteiger partial charge in [-0.2, -0.15) is 0 Å². The first-order chi connectivity index (χ1) is 9.38. The van der Waals surface area contributed by atoms with Gasteiger partial charge in [-0.3, -0.25) is 9.59 Å². The number of piperazine rings is 1. The van der Waals surface area contributed by atoms with Crippen LogP contribution in [0.15, 0.2) is 0 Å². The van der Waals surface area contributed by atoms with Crippen molar-refractivity contribution < 1.29 is 24.6 Å². The summed E-state index contributed by atoms with van der Waals surface area (Å²) in [4.78, 5) is 37.7. The average molecular weight is 287 g/mol. The zero-order chi connectivity index (χ0) is 15.3. The van der Waals surface area contributed by atoms with Gasteiger partial charge in [-0.25, -0.2) is 4.79 Å². The highest BCUT2D eigenvalue weighted by molar-refractivity contribution is 5.91. The van der Waals surface area contributed by atoms with E-state index in [1.165, 1.54) is 9.80 Å². The molecular weight excluding hydrogens is 266 g/mol. The largest absolute Gasteiger partial charge is 0.481 e. The molecule has 1 rings (SSSR count). The Morgan fingerprint density at radius 1 is 1.50 bits per heavy atom. The van der Waals surface area contributed by atoms with Gasteiger partial charge in [0.25, 0.3) is 0 Å². The third kappa shape index (κ3) is 3.83. The van der Waals surface area contributed by atoms with Crippen LogP contribution in [0.25, 0.3) is 0 Å². The molecule has 0 bridgehead atoms. The Morgan fingerprint density at radius 2 is 2.15 bits per heavy atom. The first-order valence-electron chi connectivity index (χ1n) is 6.56. The van der Waals surface area contributed by atoms with E-state index >= 15 is 0 Å². The Bertz CT molecular complexity index is 385. The fraction of sp³-hybridized carbons (Fsp3) is 0.750. The predicted molar refractivity (Wildman–Crippen MR) is 70.1 cm³/mol. The van der Waals surface area contributed by atoms with E-state index in [2.05, 4.69) is 5.32 Å². The molecule has 114 valence electrons. The fourth-order valence-electron chi connectivity index (χ4n) is 2.16. The number of urea groups is 1. The molecule has 0 aliphatic carbocycles. The number of nitrogens with zero attached hydrogens (tertiary/aromatic N) is 2. The van der Waals surface area contributed by atoms with Crippen LogP contribution in [0.5, 0.6) is 0 Å². The molecular formula is C12H21N3O5. The summed E-state index contributed by atoms with van der Waals surface area (Å²) in [6, 6.07) is -1.58. The monoisotopic (exact) mass is 287 g/mol. The van der Waals surface area contributed by atoms with Gasteiger partial charge in [-0.1, -0.05) is 0 Å². The van der Waals surface area contributed by atoms with Crippen LogP contribution in [0, 0.1) is 0 Å². The lowest BCUT2D eigenvalue weighted by atomic mass is 10.1. The molecule has 0 aromatic heterocycles. The number of hydrogen-bond donors (Lipinski definition) is 3. The minimum atomic E-state index is -1.14. The van der Waals surface area contributed by atoms with Gasteiger partial charge in [0, 0.05) is 25.7 Å². The van der Waals surface area contributed by atoms with Crippen molar-refractivity contribution in [2.24, 2.45) is 0 Å². The van der Waals surface area contributed by atoms with E-state index in [-0.39, 0.29) is 25.7 Å². The maximum atomic E-state index is 12.4. The zero-order valence-corrected chi connectivity index (χ0v) is 11.7. The lowest BCUT2D eigenvalue weighted by Gasteiger charge is -2.39. The molecule has 1 aliphatic heterocycles. The maximum absolute atomic E-state index is 12.4. The normalized spacial score (nSPS) is 18.9. The number of nitrogens with one attached hydrogen (secondary N) is 1. The minimum absolute atomic E-state index is 0.147. The van der Waals surface area contributed by atoms with Crippen molar-refractivity contribution in [3.8, 4) is 0 Å². The summed E-state index contributed by atoms with van der Waals surface area (Å²) in [5.41, 5.74) is 0. The van der Waals surface area contributed by atoms with E-state index in [4.69, 9.17) is 10.2 Å². The molecule has 1 aliphatic rings. The van der Waals surface area contributed by atoms with Gasteiger partial charge >= 0.3 is 12.0 Å². The summed E-state index contributed by atoms with van der Waals surface area (Å²) >= 11 is 0. The van der Waals surface area contributed by atoms with Gasteiger partial charge in [0.15, 0.2) is 0 Å². The molecule has 1 fully saturated rings. The van der Waals surface area contributed by atoms with Crippen LogP contribution in [0.1, 0.15) is 20.3 Å². The van der Waals surface area contributed by atoms with Gasteiger partial charge in [0.2, 0.25) is 5.91 Å². The molecule has 0 radical (unpaired) electrons. The number of amides is 3. The third-order valence-corrected chi connectivity index (χ3v) is 3.15. The summed E-state index contributed by atoms with van der Waals surface area (Å²) in [6.07, 6.45) is -0.428. The SMILES string of the molecule is CC(C)N(CCO)C(=O)N1CCNC(=O)C1CC(=O)O. The summed E-state index contributed by atoms with van der Waals surface area (Å²) < 4.78 is 0. The lowest BCUT2D eigenvalue weighted by Crippen LogP contribution is -2.61. The number of carbonyl (C=O) groups excluding carboxylic acids is 2. The summed E-state index contributed by atoms with van der Waals surface area (Å²) in [5, 5.41) is 20.4. The Morgan fingerprint density at radius 3 is 2.65 bits per heavy atom. The topological polar surface area (TPSA) is 110 Å². The van der Waals surface area contributed by atoms with Gasteiger partial charge in [-0.05, 0) is 13.8 Å². The molecule has 1 saturated heterocycles. The van der Waals surface area contributed by atoms with Crippen molar-refractivity contribution >= 4 is 17.9 Å². The number of hydrogen-bond acceptors (Lipinski definition) is 4. The molecule has 0 saturated carbocycles. The first kappa shape index (κ1) is 16.2. The molecule has 0 aromatic carbocycles. The number of aliphatic carboxylic acids is 1. The Hall–Kier alpha value is -1.83. The second kappa shape index (κ2) is 7.09. The van der Waals surface area contributed by atoms with E-state index in [1.807, 2.05) is 0 Å². The maximum Gasteiger partial charge on any atom is 0.321 e. The van der Waals surface area contributed by atoms with Gasteiger partial charge < -0.3 is 25.3 Å². The first-order valence-corrected chi connectivity index (χ1v) is 6.56. The average Bonchev–Trinajstić information content (AvgIpc) is 2.36. The van der Waals surface area contributed by atoms with Crippen LogP contribution in [0.4, 0.5) is 4.79 Å². The van der Waals surface area contributed by atoms with Crippen LogP contribution < -0.4 is 5.32 Å². The molecule has 8 nitrogen and oxygen atoms in total. The van der Waals surface area contributed by atoms with Crippen molar-refractivity contribution in [1.82, 2.24) is 15.1 Å². The summed E-state index contributed by atoms with van der Waals surface area (Å²) in [7, 11) is 0. The van der Waals surface area contributed by atoms with E-state index in [0.29, 0.717) is 6.54 Å². The van der Waals surface area contributed by atoms with E-state index in [1.54, 1.807) is 13.8 Å². The Kier molecular flexibility index (Phi) is 5.75. The molecule has 20 heavy (non-hydrogen) atoms. The van der Waals surface area contributed by atoms with E-state index < -0.39 is 30.4 Å². The Balaban J connectivity index is 2.90. The molecule has 1 heterocycles. The second-order valence-electron chi connectivity index (χ2n) is 4.89. The second-order valence-corrected chi connectivity index (χ2v) is 4.89. The van der Waals surface area contributed by atoms with Crippen LogP contribution in [0.2, 0.25) is 0 Å². The van der Waals surface area contributed by atoms with Gasteiger partial charge in [-0.15, -0.1) is 0 Å². The number of carbonyl (C=O) groups is 3. The van der Waals surface area contributed by atoms with Crippen molar-refractivity contribution in [3.63, 3.8) is 0 Å². The number of aliphatic hydroxyl groups is 1. The van der Waals surface area contributed by atoms with Crippen LogP contribution in [0.3, 0.4) is 0 Å². The number of carboxylic acid groups (broad SMARTS) is 1. The van der Waals surface area contributed by atoms with Crippen molar-refractivity contribution in [2.75, 3.05) is 26.2 Å². The molecule has 0 aromatic rings. The van der Waals surface area contributed by atoms with Crippen LogP contribution in [-0.4, -0.2) is 76.2 Å². The molecule has 3 amide bonds. The van der Waals surface area contributed by atoms with E-state index in [9.17, 15) is 14.4 Å².